The molecule has 0 fully saturated rings. The van der Waals surface area contributed by atoms with Crippen LogP contribution in [0.15, 0.2) is 60.9 Å². The van der Waals surface area contributed by atoms with Gasteiger partial charge in [-0.1, -0.05) is 84.9 Å². The molecule has 3 heteroatoms. The minimum Gasteiger partial charge on any atom is -0.299 e. The van der Waals surface area contributed by atoms with E-state index in [2.05, 4.69) is 94.6 Å². The second-order valence-electron chi connectivity index (χ2n) is 11.2. The van der Waals surface area contributed by atoms with Crippen LogP contribution in [0.2, 0.25) is 0 Å². The molecule has 0 saturated carbocycles. The highest BCUT2D eigenvalue weighted by Gasteiger charge is 2.43. The molecule has 1 heterocycles. The minimum absolute atomic E-state index is 0.652. The van der Waals surface area contributed by atoms with E-state index in [1.54, 1.807) is 13.8 Å². The summed E-state index contributed by atoms with van der Waals surface area (Å²) in [6.45, 7) is 26.4. The quantitative estimate of drug-likeness (QED) is 0.221. The van der Waals surface area contributed by atoms with Crippen molar-refractivity contribution in [3.05, 3.63) is 94.3 Å². The molecule has 0 amide bonds. The van der Waals surface area contributed by atoms with Gasteiger partial charge in [-0.05, 0) is 111 Å². The van der Waals surface area contributed by atoms with E-state index in [4.69, 9.17) is 4.98 Å². The van der Waals surface area contributed by atoms with Crippen molar-refractivity contribution in [2.24, 2.45) is 0 Å². The fourth-order valence-corrected chi connectivity index (χ4v) is 5.83. The fraction of sp³-hybridized carbons (Fsp3) is 0.447. The van der Waals surface area contributed by atoms with Gasteiger partial charge in [0.25, 0.3) is 0 Å². The molecule has 1 unspecified atom stereocenters. The summed E-state index contributed by atoms with van der Waals surface area (Å²) in [5, 5.41) is 0. The van der Waals surface area contributed by atoms with Gasteiger partial charge in [0.05, 0.1) is 5.69 Å². The molecule has 1 aromatic heterocycles. The number of imidazole rings is 1. The first-order chi connectivity index (χ1) is 19.4. The monoisotopic (exact) mass is 556 g/mol. The Hall–Kier alpha value is -3.20. The summed E-state index contributed by atoms with van der Waals surface area (Å²) in [6, 6.07) is 17.5. The highest BCUT2D eigenvalue weighted by atomic mass is 19.1. The van der Waals surface area contributed by atoms with E-state index in [1.165, 1.54) is 38.9 Å². The summed E-state index contributed by atoms with van der Waals surface area (Å²) in [5.74, 6) is 0.854. The van der Waals surface area contributed by atoms with Gasteiger partial charge in [-0.25, -0.2) is 9.37 Å². The molecular formula is C38H53FN2. The first kappa shape index (κ1) is 34.0. The van der Waals surface area contributed by atoms with Crippen molar-refractivity contribution in [1.82, 2.24) is 9.55 Å². The number of aromatic nitrogens is 2. The molecule has 0 aliphatic carbocycles. The van der Waals surface area contributed by atoms with Gasteiger partial charge in [0.2, 0.25) is 0 Å². The molecule has 0 aliphatic heterocycles. The van der Waals surface area contributed by atoms with E-state index in [0.29, 0.717) is 6.42 Å². The Kier molecular flexibility index (Phi) is 11.7. The number of halogens is 1. The van der Waals surface area contributed by atoms with Crippen LogP contribution in [0.3, 0.4) is 0 Å². The maximum atomic E-state index is 15.8. The van der Waals surface area contributed by atoms with Crippen molar-refractivity contribution < 1.29 is 4.39 Å². The zero-order valence-corrected chi connectivity index (χ0v) is 28.0. The van der Waals surface area contributed by atoms with Crippen molar-refractivity contribution in [3.63, 3.8) is 0 Å². The van der Waals surface area contributed by atoms with E-state index >= 15 is 4.39 Å². The summed E-state index contributed by atoms with van der Waals surface area (Å²) >= 11 is 0. The lowest BCUT2D eigenvalue weighted by Crippen LogP contribution is -2.41. The zero-order chi connectivity index (χ0) is 31.1. The Labute approximate surface area is 250 Å². The van der Waals surface area contributed by atoms with Crippen molar-refractivity contribution in [1.29, 1.82) is 0 Å². The van der Waals surface area contributed by atoms with Crippen molar-refractivity contribution in [2.75, 3.05) is 0 Å². The molecule has 0 bridgehead atoms. The van der Waals surface area contributed by atoms with Crippen molar-refractivity contribution >= 4 is 0 Å². The Morgan fingerprint density at radius 1 is 0.780 bits per heavy atom. The lowest BCUT2D eigenvalue weighted by molar-refractivity contribution is 0.0977. The summed E-state index contributed by atoms with van der Waals surface area (Å²) in [7, 11) is 0. The summed E-state index contributed by atoms with van der Waals surface area (Å²) < 4.78 is 18.0. The van der Waals surface area contributed by atoms with E-state index in [9.17, 15) is 0 Å². The van der Waals surface area contributed by atoms with Crippen LogP contribution in [-0.2, 0) is 11.8 Å². The Morgan fingerprint density at radius 3 is 1.83 bits per heavy atom. The number of aryl methyl sites for hydroxylation is 5. The highest BCUT2D eigenvalue weighted by Crippen LogP contribution is 2.45. The first-order valence-corrected chi connectivity index (χ1v) is 15.5. The van der Waals surface area contributed by atoms with Crippen LogP contribution in [0.1, 0.15) is 102 Å². The predicted molar refractivity (Wildman–Crippen MR) is 178 cm³/mol. The van der Waals surface area contributed by atoms with Gasteiger partial charge in [0, 0.05) is 23.4 Å². The number of hydrogen-bond donors (Lipinski definition) is 0. The third kappa shape index (κ3) is 6.66. The first-order valence-electron chi connectivity index (χ1n) is 15.5. The maximum Gasteiger partial charge on any atom is 0.144 e. The van der Waals surface area contributed by atoms with E-state index in [1.807, 2.05) is 47.0 Å². The van der Waals surface area contributed by atoms with Crippen LogP contribution in [0.25, 0.3) is 28.2 Å². The zero-order valence-electron chi connectivity index (χ0n) is 28.0. The smallest absolute Gasteiger partial charge is 0.144 e. The fourth-order valence-electron chi connectivity index (χ4n) is 5.83. The molecule has 41 heavy (non-hydrogen) atoms. The summed E-state index contributed by atoms with van der Waals surface area (Å²) in [6.07, 6.45) is 5.49. The number of rotatable bonds is 7. The molecule has 222 valence electrons. The number of alkyl halides is 1. The van der Waals surface area contributed by atoms with E-state index in [-0.39, 0.29) is 0 Å². The molecule has 0 spiro atoms. The van der Waals surface area contributed by atoms with Gasteiger partial charge in [-0.15, -0.1) is 0 Å². The molecule has 0 saturated heterocycles. The van der Waals surface area contributed by atoms with Crippen LogP contribution < -0.4 is 0 Å². The van der Waals surface area contributed by atoms with Gasteiger partial charge in [-0.3, -0.25) is 4.57 Å². The molecule has 2 nitrogen and oxygen atoms in total. The minimum atomic E-state index is -1.39. The standard InChI is InChI=1S/C34H41FN2.2C2H6/c1-10-26-15-16-28(29(21-26)34(9,11-2)33(7,8)35)32-36-17-18-37(32)31-24(5)19-27(20-25(31)6)30-22(3)13-12-14-23(30)4;2*1-2/h12-21H,10-11H2,1-9H3;2*1-2H3. The molecule has 3 aromatic carbocycles. The normalized spacial score (nSPS) is 12.5. The lowest BCUT2D eigenvalue weighted by atomic mass is 9.67. The van der Waals surface area contributed by atoms with Crippen LogP contribution in [-0.4, -0.2) is 15.2 Å². The van der Waals surface area contributed by atoms with Crippen molar-refractivity contribution in [2.45, 2.75) is 114 Å². The molecule has 0 aliphatic rings. The van der Waals surface area contributed by atoms with Crippen LogP contribution in [0.4, 0.5) is 4.39 Å². The average molecular weight is 557 g/mol. The van der Waals surface area contributed by atoms with Gasteiger partial charge >= 0.3 is 0 Å². The average Bonchev–Trinajstić information content (AvgIpc) is 3.42. The molecular weight excluding hydrogens is 503 g/mol. The maximum absolute atomic E-state index is 15.8. The number of benzene rings is 3. The van der Waals surface area contributed by atoms with Gasteiger partial charge in [-0.2, -0.15) is 0 Å². The summed E-state index contributed by atoms with van der Waals surface area (Å²) in [4.78, 5) is 4.84. The van der Waals surface area contributed by atoms with Gasteiger partial charge < -0.3 is 0 Å². The van der Waals surface area contributed by atoms with E-state index < -0.39 is 11.1 Å². The third-order valence-electron chi connectivity index (χ3n) is 8.49. The Bertz CT molecular complexity index is 1390. The lowest BCUT2D eigenvalue weighted by Gasteiger charge is -2.40. The number of nitrogens with zero attached hydrogens (tertiary/aromatic N) is 2. The molecule has 0 N–H and O–H groups in total. The Morgan fingerprint density at radius 2 is 1.34 bits per heavy atom. The van der Waals surface area contributed by atoms with Crippen LogP contribution >= 0.6 is 0 Å². The van der Waals surface area contributed by atoms with Crippen molar-refractivity contribution in [3.8, 4) is 28.2 Å². The van der Waals surface area contributed by atoms with Gasteiger partial charge in [0.15, 0.2) is 0 Å². The second-order valence-corrected chi connectivity index (χ2v) is 11.2. The summed E-state index contributed by atoms with van der Waals surface area (Å²) in [5.41, 5.74) is 9.80. The second kappa shape index (κ2) is 14.1. The molecule has 0 radical (unpaired) electrons. The molecule has 4 rings (SSSR count). The predicted octanol–water partition coefficient (Wildman–Crippen LogP) is 11.5. The van der Waals surface area contributed by atoms with Crippen LogP contribution in [0, 0.1) is 27.7 Å². The van der Waals surface area contributed by atoms with Crippen LogP contribution in [0.5, 0.6) is 0 Å². The van der Waals surface area contributed by atoms with Gasteiger partial charge in [0.1, 0.15) is 11.5 Å². The molecule has 1 atom stereocenters. The Balaban J connectivity index is 0.00000141. The third-order valence-corrected chi connectivity index (χ3v) is 8.49. The number of hydrogen-bond acceptors (Lipinski definition) is 1. The largest absolute Gasteiger partial charge is 0.299 e. The highest BCUT2D eigenvalue weighted by molar-refractivity contribution is 5.75. The van der Waals surface area contributed by atoms with E-state index in [0.717, 1.165) is 29.1 Å². The SMILES string of the molecule is CC.CC.CCc1ccc(-c2nccn2-c2c(C)cc(-c3c(C)cccc3C)cc2C)c(C(C)(CC)C(C)(C)F)c1. The molecule has 4 aromatic rings. The topological polar surface area (TPSA) is 17.8 Å².